The van der Waals surface area contributed by atoms with Gasteiger partial charge in [-0.25, -0.2) is 0 Å². The van der Waals surface area contributed by atoms with Crippen molar-refractivity contribution in [2.75, 3.05) is 0 Å². The smallest absolute Gasteiger partial charge is 0.126 e. The number of hydrogen-bond acceptors (Lipinski definition) is 2. The van der Waals surface area contributed by atoms with Crippen molar-refractivity contribution in [3.05, 3.63) is 64.7 Å². The van der Waals surface area contributed by atoms with Crippen LogP contribution in [0.15, 0.2) is 48.5 Å². The molecule has 1 aliphatic heterocycles. The van der Waals surface area contributed by atoms with Gasteiger partial charge in [-0.2, -0.15) is 0 Å². The SMILES string of the molecule is CCC1CC(O)(c2ccc(Cl)cc2)c2ccccc2O1. The standard InChI is InChI=1S/C17H17ClO2/c1-2-14-11-17(19,12-7-9-13(18)10-8-12)15-5-3-4-6-16(15)20-14/h3-10,14,19H,2,11H2,1H3. The van der Waals surface area contributed by atoms with Gasteiger partial charge in [0.15, 0.2) is 0 Å². The van der Waals surface area contributed by atoms with Gasteiger partial charge < -0.3 is 9.84 Å². The number of benzene rings is 2. The normalized spacial score (nSPS) is 24.9. The van der Waals surface area contributed by atoms with Crippen LogP contribution < -0.4 is 4.74 Å². The van der Waals surface area contributed by atoms with Gasteiger partial charge in [-0.05, 0) is 30.2 Å². The fourth-order valence-electron chi connectivity index (χ4n) is 2.80. The highest BCUT2D eigenvalue weighted by atomic mass is 35.5. The Bertz CT molecular complexity index is 609. The Labute approximate surface area is 124 Å². The van der Waals surface area contributed by atoms with E-state index >= 15 is 0 Å². The largest absolute Gasteiger partial charge is 0.490 e. The van der Waals surface area contributed by atoms with E-state index in [1.54, 1.807) is 0 Å². The van der Waals surface area contributed by atoms with Gasteiger partial charge in [0.1, 0.15) is 17.5 Å². The number of fused-ring (bicyclic) bond motifs is 1. The molecule has 2 aromatic carbocycles. The van der Waals surface area contributed by atoms with Gasteiger partial charge in [-0.3, -0.25) is 0 Å². The second kappa shape index (κ2) is 5.12. The monoisotopic (exact) mass is 288 g/mol. The summed E-state index contributed by atoms with van der Waals surface area (Å²) in [6, 6.07) is 15.1. The molecule has 104 valence electrons. The molecule has 0 spiro atoms. The highest BCUT2D eigenvalue weighted by molar-refractivity contribution is 6.30. The molecule has 2 unspecified atom stereocenters. The van der Waals surface area contributed by atoms with Gasteiger partial charge in [0.25, 0.3) is 0 Å². The van der Waals surface area contributed by atoms with E-state index in [-0.39, 0.29) is 6.10 Å². The Morgan fingerprint density at radius 2 is 1.90 bits per heavy atom. The van der Waals surface area contributed by atoms with Crippen LogP contribution in [0.4, 0.5) is 0 Å². The van der Waals surface area contributed by atoms with Crippen LogP contribution in [-0.2, 0) is 5.60 Å². The quantitative estimate of drug-likeness (QED) is 0.900. The number of hydrogen-bond donors (Lipinski definition) is 1. The molecule has 0 radical (unpaired) electrons. The second-order valence-corrected chi connectivity index (χ2v) is 5.65. The summed E-state index contributed by atoms with van der Waals surface area (Å²) >= 11 is 5.95. The summed E-state index contributed by atoms with van der Waals surface area (Å²) in [7, 11) is 0. The van der Waals surface area contributed by atoms with Crippen LogP contribution >= 0.6 is 11.6 Å². The molecule has 0 amide bonds. The minimum Gasteiger partial charge on any atom is -0.490 e. The summed E-state index contributed by atoms with van der Waals surface area (Å²) in [6.45, 7) is 2.07. The molecule has 2 atom stereocenters. The minimum absolute atomic E-state index is 0.0191. The molecule has 1 N–H and O–H groups in total. The Morgan fingerprint density at radius 3 is 2.60 bits per heavy atom. The first-order chi connectivity index (χ1) is 9.63. The van der Waals surface area contributed by atoms with Crippen molar-refractivity contribution in [2.24, 2.45) is 0 Å². The molecule has 0 fully saturated rings. The van der Waals surface area contributed by atoms with E-state index in [4.69, 9.17) is 16.3 Å². The van der Waals surface area contributed by atoms with E-state index in [2.05, 4.69) is 6.92 Å². The Balaban J connectivity index is 2.13. The van der Waals surface area contributed by atoms with Gasteiger partial charge in [0.2, 0.25) is 0 Å². The molecular weight excluding hydrogens is 272 g/mol. The van der Waals surface area contributed by atoms with Crippen LogP contribution in [-0.4, -0.2) is 11.2 Å². The predicted octanol–water partition coefficient (Wildman–Crippen LogP) is 4.14. The molecule has 0 saturated heterocycles. The lowest BCUT2D eigenvalue weighted by atomic mass is 9.79. The van der Waals surface area contributed by atoms with E-state index in [9.17, 15) is 5.11 Å². The molecule has 1 heterocycles. The lowest BCUT2D eigenvalue weighted by Crippen LogP contribution is -2.39. The summed E-state index contributed by atoms with van der Waals surface area (Å²) < 4.78 is 5.94. The van der Waals surface area contributed by atoms with E-state index in [1.165, 1.54) is 0 Å². The zero-order valence-electron chi connectivity index (χ0n) is 11.3. The molecule has 20 heavy (non-hydrogen) atoms. The molecule has 2 nitrogen and oxygen atoms in total. The molecule has 0 aromatic heterocycles. The van der Waals surface area contributed by atoms with Crippen molar-refractivity contribution in [1.29, 1.82) is 0 Å². The van der Waals surface area contributed by atoms with Crippen LogP contribution in [0, 0.1) is 0 Å². The maximum Gasteiger partial charge on any atom is 0.126 e. The maximum atomic E-state index is 11.3. The van der Waals surface area contributed by atoms with Gasteiger partial charge in [0.05, 0.1) is 0 Å². The highest BCUT2D eigenvalue weighted by Gasteiger charge is 2.40. The predicted molar refractivity (Wildman–Crippen MR) is 80.2 cm³/mol. The fourth-order valence-corrected chi connectivity index (χ4v) is 2.92. The Morgan fingerprint density at radius 1 is 1.20 bits per heavy atom. The number of ether oxygens (including phenoxy) is 1. The van der Waals surface area contributed by atoms with E-state index in [0.717, 1.165) is 23.3 Å². The van der Waals surface area contributed by atoms with E-state index in [1.807, 2.05) is 48.5 Å². The van der Waals surface area contributed by atoms with Gasteiger partial charge in [0, 0.05) is 17.0 Å². The van der Waals surface area contributed by atoms with Crippen molar-refractivity contribution in [2.45, 2.75) is 31.5 Å². The molecule has 3 heteroatoms. The van der Waals surface area contributed by atoms with Gasteiger partial charge in [-0.15, -0.1) is 0 Å². The van der Waals surface area contributed by atoms with Crippen LogP contribution in [0.2, 0.25) is 5.02 Å². The van der Waals surface area contributed by atoms with Crippen molar-refractivity contribution in [3.8, 4) is 5.75 Å². The summed E-state index contributed by atoms with van der Waals surface area (Å²) in [6.07, 6.45) is 1.44. The first-order valence-corrected chi connectivity index (χ1v) is 7.26. The lowest BCUT2D eigenvalue weighted by molar-refractivity contribution is 0.000481. The first-order valence-electron chi connectivity index (χ1n) is 6.88. The van der Waals surface area contributed by atoms with E-state index in [0.29, 0.717) is 11.4 Å². The number of para-hydroxylation sites is 1. The molecular formula is C17H17ClO2. The summed E-state index contributed by atoms with van der Waals surface area (Å²) in [5.74, 6) is 0.767. The Hall–Kier alpha value is -1.51. The van der Waals surface area contributed by atoms with Crippen LogP contribution in [0.5, 0.6) is 5.75 Å². The van der Waals surface area contributed by atoms with E-state index < -0.39 is 5.60 Å². The molecule has 0 saturated carbocycles. The minimum atomic E-state index is -1.01. The van der Waals surface area contributed by atoms with Crippen molar-refractivity contribution in [1.82, 2.24) is 0 Å². The summed E-state index contributed by atoms with van der Waals surface area (Å²) in [5.41, 5.74) is 0.670. The van der Waals surface area contributed by atoms with Gasteiger partial charge >= 0.3 is 0 Å². The topological polar surface area (TPSA) is 29.5 Å². The first kappa shape index (κ1) is 13.5. The van der Waals surface area contributed by atoms with Crippen molar-refractivity contribution < 1.29 is 9.84 Å². The highest BCUT2D eigenvalue weighted by Crippen LogP contribution is 2.44. The third-order valence-electron chi connectivity index (χ3n) is 3.93. The lowest BCUT2D eigenvalue weighted by Gasteiger charge is -2.39. The number of rotatable bonds is 2. The van der Waals surface area contributed by atoms with Crippen LogP contribution in [0.3, 0.4) is 0 Å². The average molecular weight is 289 g/mol. The zero-order chi connectivity index (χ0) is 14.2. The zero-order valence-corrected chi connectivity index (χ0v) is 12.1. The molecule has 0 bridgehead atoms. The summed E-state index contributed by atoms with van der Waals surface area (Å²) in [5, 5.41) is 11.9. The van der Waals surface area contributed by atoms with Gasteiger partial charge in [-0.1, -0.05) is 48.9 Å². The molecule has 3 rings (SSSR count). The third-order valence-corrected chi connectivity index (χ3v) is 4.18. The van der Waals surface area contributed by atoms with Crippen LogP contribution in [0.25, 0.3) is 0 Å². The number of halogens is 1. The second-order valence-electron chi connectivity index (χ2n) is 5.22. The van der Waals surface area contributed by atoms with Crippen LogP contribution in [0.1, 0.15) is 30.9 Å². The molecule has 0 aliphatic carbocycles. The fraction of sp³-hybridized carbons (Fsp3) is 0.294. The summed E-state index contributed by atoms with van der Waals surface area (Å²) in [4.78, 5) is 0. The van der Waals surface area contributed by atoms with Crippen molar-refractivity contribution >= 4 is 11.6 Å². The maximum absolute atomic E-state index is 11.3. The molecule has 1 aliphatic rings. The number of aliphatic hydroxyl groups is 1. The third kappa shape index (κ3) is 2.19. The molecule has 2 aromatic rings. The Kier molecular flexibility index (Phi) is 3.45. The van der Waals surface area contributed by atoms with Crippen molar-refractivity contribution in [3.63, 3.8) is 0 Å². The average Bonchev–Trinajstić information content (AvgIpc) is 2.47.